The minimum Gasteiger partial charge on any atom is -0.285 e. The van der Waals surface area contributed by atoms with Crippen molar-refractivity contribution in [3.05, 3.63) is 53.9 Å². The molecule has 6 nitrogen and oxygen atoms in total. The second-order valence-electron chi connectivity index (χ2n) is 3.23. The van der Waals surface area contributed by atoms with Crippen LogP contribution in [0.1, 0.15) is 20.8 Å². The van der Waals surface area contributed by atoms with Gasteiger partial charge in [0.25, 0.3) is 11.8 Å². The summed E-state index contributed by atoms with van der Waals surface area (Å²) >= 11 is 0. The third kappa shape index (κ3) is 2.69. The molecule has 2 amide bonds. The molecule has 86 valence electrons. The average Bonchev–Trinajstić information content (AvgIpc) is 2.90. The highest BCUT2D eigenvalue weighted by Crippen LogP contribution is 1.97. The zero-order valence-electron chi connectivity index (χ0n) is 8.81. The number of aromatic nitrogens is 2. The van der Waals surface area contributed by atoms with Gasteiger partial charge in [-0.15, -0.1) is 0 Å². The molecule has 0 radical (unpaired) electrons. The highest BCUT2D eigenvalue weighted by molar-refractivity contribution is 5.98. The largest absolute Gasteiger partial charge is 0.290 e. The van der Waals surface area contributed by atoms with Gasteiger partial charge in [0.05, 0.1) is 0 Å². The highest BCUT2D eigenvalue weighted by Gasteiger charge is 2.09. The lowest BCUT2D eigenvalue weighted by Gasteiger charge is -2.05. The van der Waals surface area contributed by atoms with Crippen LogP contribution in [-0.2, 0) is 0 Å². The van der Waals surface area contributed by atoms with E-state index in [2.05, 4.69) is 21.0 Å². The van der Waals surface area contributed by atoms with Crippen LogP contribution in [0.15, 0.2) is 42.6 Å². The molecule has 3 N–H and O–H groups in total. The Labute approximate surface area is 97.0 Å². The van der Waals surface area contributed by atoms with Crippen LogP contribution in [0.3, 0.4) is 0 Å². The lowest BCUT2D eigenvalue weighted by Crippen LogP contribution is -2.41. The van der Waals surface area contributed by atoms with Gasteiger partial charge in [0.1, 0.15) is 0 Å². The maximum Gasteiger partial charge on any atom is 0.290 e. The number of aromatic amines is 1. The summed E-state index contributed by atoms with van der Waals surface area (Å²) in [5.74, 6) is -0.856. The monoisotopic (exact) mass is 230 g/mol. The quantitative estimate of drug-likeness (QED) is 0.656. The molecule has 1 heterocycles. The molecule has 17 heavy (non-hydrogen) atoms. The summed E-state index contributed by atoms with van der Waals surface area (Å²) in [5.41, 5.74) is 5.23. The standard InChI is InChI=1S/C11H10N4O2/c16-10(8-4-2-1-3-5-8)14-15-11(17)9-6-7-12-13-9/h1-7H,(H,12,13)(H,14,16)(H,15,17). The van der Waals surface area contributed by atoms with Crippen molar-refractivity contribution in [1.29, 1.82) is 0 Å². The van der Waals surface area contributed by atoms with E-state index in [9.17, 15) is 9.59 Å². The lowest BCUT2D eigenvalue weighted by atomic mass is 10.2. The molecule has 1 aromatic heterocycles. The Kier molecular flexibility index (Phi) is 3.15. The van der Waals surface area contributed by atoms with Gasteiger partial charge in [0.15, 0.2) is 5.69 Å². The number of hydrogen-bond donors (Lipinski definition) is 3. The fourth-order valence-corrected chi connectivity index (χ4v) is 1.23. The molecular weight excluding hydrogens is 220 g/mol. The second-order valence-corrected chi connectivity index (χ2v) is 3.23. The first kappa shape index (κ1) is 10.9. The van der Waals surface area contributed by atoms with E-state index in [-0.39, 0.29) is 11.6 Å². The number of H-pyrrole nitrogens is 1. The molecule has 0 spiro atoms. The van der Waals surface area contributed by atoms with Gasteiger partial charge in [0.2, 0.25) is 0 Å². The van der Waals surface area contributed by atoms with E-state index >= 15 is 0 Å². The van der Waals surface area contributed by atoms with Crippen LogP contribution in [0.25, 0.3) is 0 Å². The van der Waals surface area contributed by atoms with Gasteiger partial charge < -0.3 is 0 Å². The van der Waals surface area contributed by atoms with Crippen molar-refractivity contribution in [2.24, 2.45) is 0 Å². The number of benzene rings is 1. The van der Waals surface area contributed by atoms with E-state index in [0.717, 1.165) is 0 Å². The third-order valence-corrected chi connectivity index (χ3v) is 2.06. The molecule has 0 saturated heterocycles. The SMILES string of the molecule is O=C(NNC(=O)c1cc[nH]n1)c1ccccc1. The lowest BCUT2D eigenvalue weighted by molar-refractivity contribution is 0.0844. The summed E-state index contributed by atoms with van der Waals surface area (Å²) in [4.78, 5) is 23.0. The molecule has 0 fully saturated rings. The van der Waals surface area contributed by atoms with Crippen LogP contribution in [0.5, 0.6) is 0 Å². The fourth-order valence-electron chi connectivity index (χ4n) is 1.23. The molecule has 0 aliphatic carbocycles. The summed E-state index contributed by atoms with van der Waals surface area (Å²) < 4.78 is 0. The van der Waals surface area contributed by atoms with E-state index in [1.54, 1.807) is 30.3 Å². The second kappa shape index (κ2) is 4.93. The van der Waals surface area contributed by atoms with Crippen LogP contribution in [-0.4, -0.2) is 22.0 Å². The highest BCUT2D eigenvalue weighted by atomic mass is 16.2. The molecule has 0 saturated carbocycles. The van der Waals surface area contributed by atoms with Crippen LogP contribution >= 0.6 is 0 Å². The zero-order chi connectivity index (χ0) is 12.1. The molecule has 0 aliphatic rings. The zero-order valence-corrected chi connectivity index (χ0v) is 8.81. The van der Waals surface area contributed by atoms with Gasteiger partial charge >= 0.3 is 0 Å². The van der Waals surface area contributed by atoms with E-state index in [0.29, 0.717) is 5.56 Å². The average molecular weight is 230 g/mol. The Balaban J connectivity index is 1.91. The summed E-state index contributed by atoms with van der Waals surface area (Å²) in [6.45, 7) is 0. The number of carbonyl (C=O) groups is 2. The molecule has 0 bridgehead atoms. The first-order valence-electron chi connectivity index (χ1n) is 4.93. The Morgan fingerprint density at radius 1 is 1.00 bits per heavy atom. The first-order chi connectivity index (χ1) is 8.27. The van der Waals surface area contributed by atoms with E-state index in [4.69, 9.17) is 0 Å². The molecule has 6 heteroatoms. The van der Waals surface area contributed by atoms with Gasteiger partial charge in [-0.3, -0.25) is 25.5 Å². The van der Waals surface area contributed by atoms with Crippen molar-refractivity contribution in [1.82, 2.24) is 21.0 Å². The molecular formula is C11H10N4O2. The summed E-state index contributed by atoms with van der Waals surface area (Å²) in [6.07, 6.45) is 1.52. The predicted molar refractivity (Wildman–Crippen MR) is 60.0 cm³/mol. The van der Waals surface area contributed by atoms with Crippen molar-refractivity contribution < 1.29 is 9.59 Å². The number of carbonyl (C=O) groups excluding carboxylic acids is 2. The Morgan fingerprint density at radius 2 is 1.71 bits per heavy atom. The molecule has 2 aromatic rings. The van der Waals surface area contributed by atoms with Crippen molar-refractivity contribution in [2.45, 2.75) is 0 Å². The summed E-state index contributed by atoms with van der Waals surface area (Å²) in [5, 5.41) is 6.18. The smallest absolute Gasteiger partial charge is 0.285 e. The number of rotatable bonds is 2. The van der Waals surface area contributed by atoms with Crippen LogP contribution < -0.4 is 10.9 Å². The minimum absolute atomic E-state index is 0.207. The normalized spacial score (nSPS) is 9.65. The third-order valence-electron chi connectivity index (χ3n) is 2.06. The van der Waals surface area contributed by atoms with Crippen LogP contribution in [0.2, 0.25) is 0 Å². The van der Waals surface area contributed by atoms with Gasteiger partial charge in [0, 0.05) is 11.8 Å². The molecule has 0 aliphatic heterocycles. The Hall–Kier alpha value is -2.63. The fraction of sp³-hybridized carbons (Fsp3) is 0. The van der Waals surface area contributed by atoms with Crippen molar-refractivity contribution >= 4 is 11.8 Å². The number of hydrogen-bond acceptors (Lipinski definition) is 3. The molecule has 0 atom stereocenters. The maximum atomic E-state index is 11.6. The van der Waals surface area contributed by atoms with Gasteiger partial charge in [-0.1, -0.05) is 18.2 Å². The Bertz CT molecular complexity index is 508. The van der Waals surface area contributed by atoms with Gasteiger partial charge in [-0.2, -0.15) is 5.10 Å². The number of nitrogens with zero attached hydrogens (tertiary/aromatic N) is 1. The topological polar surface area (TPSA) is 86.9 Å². The minimum atomic E-state index is -0.476. The number of hydrazine groups is 1. The first-order valence-corrected chi connectivity index (χ1v) is 4.93. The summed E-state index contributed by atoms with van der Waals surface area (Å²) in [7, 11) is 0. The molecule has 1 aromatic carbocycles. The van der Waals surface area contributed by atoms with Crippen molar-refractivity contribution in [2.75, 3.05) is 0 Å². The predicted octanol–water partition coefficient (Wildman–Crippen LogP) is 0.484. The van der Waals surface area contributed by atoms with Gasteiger partial charge in [-0.25, -0.2) is 0 Å². The maximum absolute atomic E-state index is 11.6. The Morgan fingerprint density at radius 3 is 2.35 bits per heavy atom. The van der Waals surface area contributed by atoms with E-state index in [1.807, 2.05) is 0 Å². The van der Waals surface area contributed by atoms with E-state index in [1.165, 1.54) is 12.3 Å². The van der Waals surface area contributed by atoms with Crippen LogP contribution in [0, 0.1) is 0 Å². The van der Waals surface area contributed by atoms with Crippen molar-refractivity contribution in [3.8, 4) is 0 Å². The van der Waals surface area contributed by atoms with Gasteiger partial charge in [-0.05, 0) is 18.2 Å². The molecule has 2 rings (SSSR count). The summed E-state index contributed by atoms with van der Waals surface area (Å²) in [6, 6.07) is 10.1. The van der Waals surface area contributed by atoms with Crippen LogP contribution in [0.4, 0.5) is 0 Å². The molecule has 0 unspecified atom stereocenters. The number of nitrogens with one attached hydrogen (secondary N) is 3. The number of amides is 2. The van der Waals surface area contributed by atoms with E-state index < -0.39 is 5.91 Å². The van der Waals surface area contributed by atoms with Crippen molar-refractivity contribution in [3.63, 3.8) is 0 Å².